The first-order valence-corrected chi connectivity index (χ1v) is 29.1. The molecule has 2 N–H and O–H groups in total. The standard InChI is InChI=1S/C52H63ClF3N9O6S3/c1-51(2)23-20-46(38-10-14-41(53)15-11-38)40(36-51)37-63-28-30-64(31-29-63)43-16-12-39(13-17-43)50(67)60-74(70,71)45-18-19-47(48(35-45)73(68,69)52(54,55)56)59-42(22-34-72-44-7-4-3-5-8-44)21-25-62-26-32-65(33-27-62)49(66)9-6-24-58-61-57/h3-5,7-8,10-19,35,42,59H,6,9,20-34,36-37H2,1-2H3,(H,60,67)/t42-/m1/s1. The van der Waals surface area contributed by atoms with Crippen LogP contribution in [0.1, 0.15) is 74.7 Å². The maximum atomic E-state index is 14.4. The molecule has 2 amide bonds. The summed E-state index contributed by atoms with van der Waals surface area (Å²) in [6.07, 6.45) is 4.57. The van der Waals surface area contributed by atoms with E-state index in [1.165, 1.54) is 40.6 Å². The van der Waals surface area contributed by atoms with Crippen LogP contribution in [0.15, 0.2) is 122 Å². The van der Waals surface area contributed by atoms with Crippen LogP contribution < -0.4 is 14.9 Å². The molecule has 0 radical (unpaired) electrons. The zero-order valence-electron chi connectivity index (χ0n) is 41.6. The van der Waals surface area contributed by atoms with Crippen molar-refractivity contribution >= 4 is 72.0 Å². The van der Waals surface area contributed by atoms with Gasteiger partial charge in [-0.3, -0.25) is 19.4 Å². The second kappa shape index (κ2) is 25.0. The molecule has 3 aliphatic rings. The Balaban J connectivity index is 1.00. The predicted octanol–water partition coefficient (Wildman–Crippen LogP) is 10.1. The molecular formula is C52H63ClF3N9O6S3. The molecule has 398 valence electrons. The lowest BCUT2D eigenvalue weighted by Crippen LogP contribution is -2.49. The van der Waals surface area contributed by atoms with Gasteiger partial charge in [-0.15, -0.1) is 11.8 Å². The summed E-state index contributed by atoms with van der Waals surface area (Å²) < 4.78 is 98.8. The highest BCUT2D eigenvalue weighted by Gasteiger charge is 2.48. The van der Waals surface area contributed by atoms with Crippen molar-refractivity contribution in [3.05, 3.63) is 129 Å². The average molecular weight is 1100 g/mol. The van der Waals surface area contributed by atoms with E-state index in [0.717, 1.165) is 74.7 Å². The quantitative estimate of drug-likeness (QED) is 0.0266. The van der Waals surface area contributed by atoms with Crippen LogP contribution in [-0.2, 0) is 24.7 Å². The first-order chi connectivity index (χ1) is 35.2. The van der Waals surface area contributed by atoms with Crippen LogP contribution in [0.4, 0.5) is 24.5 Å². The minimum Gasteiger partial charge on any atom is -0.381 e. The van der Waals surface area contributed by atoms with Gasteiger partial charge < -0.3 is 15.1 Å². The van der Waals surface area contributed by atoms with Gasteiger partial charge in [-0.1, -0.05) is 66.5 Å². The van der Waals surface area contributed by atoms with Gasteiger partial charge in [0.2, 0.25) is 5.91 Å². The van der Waals surface area contributed by atoms with E-state index in [-0.39, 0.29) is 29.9 Å². The normalized spacial score (nSPS) is 17.4. The molecule has 1 atom stereocenters. The summed E-state index contributed by atoms with van der Waals surface area (Å²) in [4.78, 5) is 36.1. The summed E-state index contributed by atoms with van der Waals surface area (Å²) in [6, 6.07) is 25.7. The number of sulfonamides is 1. The molecule has 0 saturated carbocycles. The third kappa shape index (κ3) is 15.2. The van der Waals surface area contributed by atoms with E-state index in [4.69, 9.17) is 17.1 Å². The molecule has 2 heterocycles. The predicted molar refractivity (Wildman–Crippen MR) is 286 cm³/mol. The zero-order valence-corrected chi connectivity index (χ0v) is 44.8. The van der Waals surface area contributed by atoms with Gasteiger partial charge >= 0.3 is 5.51 Å². The molecule has 2 aliphatic heterocycles. The molecule has 2 fully saturated rings. The second-order valence-corrected chi connectivity index (χ2v) is 24.8. The molecule has 0 unspecified atom stereocenters. The fourth-order valence-corrected chi connectivity index (χ4v) is 12.7. The van der Waals surface area contributed by atoms with Gasteiger partial charge in [0.25, 0.3) is 25.8 Å². The van der Waals surface area contributed by atoms with Gasteiger partial charge in [-0.25, -0.2) is 21.6 Å². The lowest BCUT2D eigenvalue weighted by Gasteiger charge is -2.39. The fourth-order valence-electron chi connectivity index (χ4n) is 9.60. The minimum atomic E-state index is -6.12. The number of piperazine rings is 2. The van der Waals surface area contributed by atoms with Crippen molar-refractivity contribution in [2.75, 3.05) is 88.0 Å². The van der Waals surface area contributed by atoms with Crippen LogP contribution >= 0.6 is 23.4 Å². The molecule has 22 heteroatoms. The Morgan fingerprint density at radius 1 is 0.865 bits per heavy atom. The Hall–Kier alpha value is -5.28. The molecule has 0 spiro atoms. The van der Waals surface area contributed by atoms with Crippen molar-refractivity contribution in [3.8, 4) is 0 Å². The number of carbonyl (C=O) groups excluding carboxylic acids is 2. The van der Waals surface area contributed by atoms with Crippen molar-refractivity contribution in [1.29, 1.82) is 0 Å². The average Bonchev–Trinajstić information content (AvgIpc) is 3.37. The topological polar surface area (TPSA) is 188 Å². The van der Waals surface area contributed by atoms with E-state index in [2.05, 4.69) is 56.0 Å². The summed E-state index contributed by atoms with van der Waals surface area (Å²) in [5.41, 5.74) is 7.32. The highest BCUT2D eigenvalue weighted by Crippen LogP contribution is 2.43. The van der Waals surface area contributed by atoms with E-state index in [1.807, 2.05) is 47.2 Å². The maximum Gasteiger partial charge on any atom is 0.501 e. The molecule has 1 aliphatic carbocycles. The van der Waals surface area contributed by atoms with E-state index in [9.17, 15) is 39.6 Å². The molecular weight excluding hydrogens is 1040 g/mol. The molecule has 15 nitrogen and oxygen atoms in total. The number of azide groups is 1. The number of benzene rings is 4. The maximum absolute atomic E-state index is 14.4. The van der Waals surface area contributed by atoms with E-state index < -0.39 is 52.8 Å². The molecule has 0 aromatic heterocycles. The van der Waals surface area contributed by atoms with Gasteiger partial charge in [0.15, 0.2) is 0 Å². The number of hydrogen-bond acceptors (Lipinski definition) is 12. The smallest absolute Gasteiger partial charge is 0.381 e. The molecule has 0 bridgehead atoms. The lowest BCUT2D eigenvalue weighted by molar-refractivity contribution is -0.133. The monoisotopic (exact) mass is 1100 g/mol. The summed E-state index contributed by atoms with van der Waals surface area (Å²) in [7, 11) is -11.0. The van der Waals surface area contributed by atoms with Crippen LogP contribution in [0.2, 0.25) is 5.02 Å². The Morgan fingerprint density at radius 3 is 2.20 bits per heavy atom. The number of carbonyl (C=O) groups is 2. The highest BCUT2D eigenvalue weighted by atomic mass is 35.5. The molecule has 2 saturated heterocycles. The summed E-state index contributed by atoms with van der Waals surface area (Å²) in [5.74, 6) is -0.580. The van der Waals surface area contributed by atoms with Crippen LogP contribution in [-0.4, -0.2) is 133 Å². The van der Waals surface area contributed by atoms with Crippen molar-refractivity contribution in [3.63, 3.8) is 0 Å². The number of sulfone groups is 1. The molecule has 74 heavy (non-hydrogen) atoms. The van der Waals surface area contributed by atoms with Gasteiger partial charge in [-0.05, 0) is 133 Å². The van der Waals surface area contributed by atoms with Gasteiger partial charge in [0.05, 0.1) is 10.6 Å². The van der Waals surface area contributed by atoms with E-state index in [1.54, 1.807) is 17.0 Å². The number of anilines is 2. The van der Waals surface area contributed by atoms with Crippen molar-refractivity contribution < 1.29 is 39.6 Å². The van der Waals surface area contributed by atoms with Crippen molar-refractivity contribution in [2.45, 2.75) is 85.0 Å². The largest absolute Gasteiger partial charge is 0.501 e. The first kappa shape index (κ1) is 56.4. The van der Waals surface area contributed by atoms with Crippen LogP contribution in [0.5, 0.6) is 0 Å². The summed E-state index contributed by atoms with van der Waals surface area (Å²) >= 11 is 7.72. The number of amides is 2. The number of rotatable bonds is 21. The van der Waals surface area contributed by atoms with E-state index >= 15 is 0 Å². The number of hydrogen-bond donors (Lipinski definition) is 2. The molecule has 7 rings (SSSR count). The third-order valence-corrected chi connectivity index (χ3v) is 18.0. The zero-order chi connectivity index (χ0) is 53.1. The van der Waals surface area contributed by atoms with E-state index in [0.29, 0.717) is 68.8 Å². The highest BCUT2D eigenvalue weighted by molar-refractivity contribution is 7.99. The van der Waals surface area contributed by atoms with Gasteiger partial charge in [0, 0.05) is 111 Å². The number of nitrogens with zero attached hydrogens (tertiary/aromatic N) is 7. The molecule has 4 aromatic rings. The van der Waals surface area contributed by atoms with Crippen molar-refractivity contribution in [1.82, 2.24) is 19.4 Å². The summed E-state index contributed by atoms with van der Waals surface area (Å²) in [6.45, 7) is 11.2. The minimum absolute atomic E-state index is 0.0228. The number of halogens is 4. The Labute approximate surface area is 441 Å². The second-order valence-electron chi connectivity index (χ2n) is 19.6. The Morgan fingerprint density at radius 2 is 1.54 bits per heavy atom. The number of nitrogens with one attached hydrogen (secondary N) is 2. The van der Waals surface area contributed by atoms with Crippen LogP contribution in [0, 0.1) is 5.41 Å². The third-order valence-electron chi connectivity index (χ3n) is 13.8. The fraction of sp³-hybridized carbons (Fsp3) is 0.462. The molecule has 4 aromatic carbocycles. The summed E-state index contributed by atoms with van der Waals surface area (Å²) in [5, 5.41) is 7.19. The van der Waals surface area contributed by atoms with Gasteiger partial charge in [0.1, 0.15) is 4.90 Å². The van der Waals surface area contributed by atoms with Crippen molar-refractivity contribution in [2.24, 2.45) is 10.5 Å². The van der Waals surface area contributed by atoms with Gasteiger partial charge in [-0.2, -0.15) is 13.2 Å². The lowest BCUT2D eigenvalue weighted by atomic mass is 9.73. The van der Waals surface area contributed by atoms with Crippen LogP contribution in [0.25, 0.3) is 16.0 Å². The van der Waals surface area contributed by atoms with Crippen LogP contribution in [0.3, 0.4) is 0 Å². The Kier molecular flexibility index (Phi) is 19.1. The number of thioether (sulfide) groups is 1. The number of allylic oxidation sites excluding steroid dienone is 1. The SMILES string of the molecule is CC1(C)CCC(c2ccc(Cl)cc2)=C(CN2CCN(c3ccc(C(=O)NS(=O)(=O)c4ccc(N[C@@H](CCSc5ccccc5)CCN5CCN(C(=O)CCCN=[N+]=[N-])CC5)c(S(=O)(=O)C(F)(F)F)c4)cc3)CC2)C1. The number of alkyl halides is 3. The Bertz CT molecular complexity index is 2890. The first-order valence-electron chi connectivity index (χ1n) is 24.7.